The molecular formula is C19H17FN2O2S. The summed E-state index contributed by atoms with van der Waals surface area (Å²) in [5.41, 5.74) is 1.78. The van der Waals surface area contributed by atoms with Crippen LogP contribution in [0.5, 0.6) is 0 Å². The minimum atomic E-state index is -0.359. The molecule has 25 heavy (non-hydrogen) atoms. The number of oxazole rings is 1. The summed E-state index contributed by atoms with van der Waals surface area (Å²) in [6.45, 7) is 2.14. The summed E-state index contributed by atoms with van der Waals surface area (Å²) < 4.78 is 18.6. The summed E-state index contributed by atoms with van der Waals surface area (Å²) in [6, 6.07) is 15.7. The first-order valence-corrected chi connectivity index (χ1v) is 8.70. The van der Waals surface area contributed by atoms with Crippen molar-refractivity contribution in [2.75, 3.05) is 0 Å². The molecule has 0 saturated heterocycles. The van der Waals surface area contributed by atoms with Crippen molar-refractivity contribution in [1.82, 2.24) is 10.3 Å². The number of carbonyl (C=O) groups excluding carboxylic acids is 1. The Morgan fingerprint density at radius 3 is 2.64 bits per heavy atom. The molecule has 128 valence electrons. The van der Waals surface area contributed by atoms with Crippen molar-refractivity contribution < 1.29 is 13.6 Å². The van der Waals surface area contributed by atoms with Crippen molar-refractivity contribution >= 4 is 17.7 Å². The average molecular weight is 356 g/mol. The number of nitrogens with zero attached hydrogens (tertiary/aromatic N) is 1. The Morgan fingerprint density at radius 1 is 1.20 bits per heavy atom. The zero-order valence-electron chi connectivity index (χ0n) is 13.6. The van der Waals surface area contributed by atoms with E-state index in [2.05, 4.69) is 10.3 Å². The number of hydrogen-bond acceptors (Lipinski definition) is 4. The maximum Gasteiger partial charge on any atom is 0.256 e. The molecule has 1 atom stereocenters. The van der Waals surface area contributed by atoms with Gasteiger partial charge in [0.15, 0.2) is 5.76 Å². The van der Waals surface area contributed by atoms with Crippen LogP contribution in [-0.4, -0.2) is 16.1 Å². The van der Waals surface area contributed by atoms with Gasteiger partial charge in [-0.3, -0.25) is 4.79 Å². The Kier molecular flexibility index (Phi) is 5.50. The molecule has 0 radical (unpaired) electrons. The zero-order chi connectivity index (χ0) is 17.6. The number of amides is 1. The number of halogens is 1. The van der Waals surface area contributed by atoms with E-state index in [0.29, 0.717) is 17.5 Å². The molecule has 0 fully saturated rings. The number of aromatic nitrogens is 1. The SMILES string of the molecule is CC(Sc1ncc(-c2ccccc2)o1)C(=O)NCc1ccc(F)cc1. The van der Waals surface area contributed by atoms with Gasteiger partial charge in [-0.15, -0.1) is 0 Å². The molecule has 3 rings (SSSR count). The molecule has 0 saturated carbocycles. The molecule has 0 aliphatic rings. The van der Waals surface area contributed by atoms with E-state index in [4.69, 9.17) is 4.42 Å². The summed E-state index contributed by atoms with van der Waals surface area (Å²) in [4.78, 5) is 16.4. The fraction of sp³-hybridized carbons (Fsp3) is 0.158. The second-order valence-electron chi connectivity index (χ2n) is 5.46. The molecule has 6 heteroatoms. The Balaban J connectivity index is 1.54. The first-order valence-electron chi connectivity index (χ1n) is 7.82. The van der Waals surface area contributed by atoms with E-state index >= 15 is 0 Å². The van der Waals surface area contributed by atoms with Crippen LogP contribution in [0.25, 0.3) is 11.3 Å². The predicted octanol–water partition coefficient (Wildman–Crippen LogP) is 4.28. The van der Waals surface area contributed by atoms with Gasteiger partial charge < -0.3 is 9.73 Å². The third-order valence-electron chi connectivity index (χ3n) is 3.57. The van der Waals surface area contributed by atoms with Crippen LogP contribution in [0.1, 0.15) is 12.5 Å². The molecule has 1 N–H and O–H groups in total. The lowest BCUT2D eigenvalue weighted by molar-refractivity contribution is -0.120. The van der Waals surface area contributed by atoms with Gasteiger partial charge in [0.2, 0.25) is 5.91 Å². The van der Waals surface area contributed by atoms with Crippen LogP contribution in [0.15, 0.2) is 70.4 Å². The molecule has 0 aliphatic heterocycles. The highest BCUT2D eigenvalue weighted by Crippen LogP contribution is 2.27. The molecule has 0 bridgehead atoms. The second-order valence-corrected chi connectivity index (χ2v) is 6.75. The van der Waals surface area contributed by atoms with Gasteiger partial charge in [0.05, 0.1) is 11.4 Å². The maximum absolute atomic E-state index is 12.9. The highest BCUT2D eigenvalue weighted by Gasteiger charge is 2.17. The van der Waals surface area contributed by atoms with Gasteiger partial charge in [-0.05, 0) is 24.6 Å². The molecule has 3 aromatic rings. The van der Waals surface area contributed by atoms with E-state index in [1.807, 2.05) is 30.3 Å². The van der Waals surface area contributed by atoms with Crippen molar-refractivity contribution in [1.29, 1.82) is 0 Å². The molecule has 2 aromatic carbocycles. The van der Waals surface area contributed by atoms with Gasteiger partial charge in [0, 0.05) is 12.1 Å². The van der Waals surface area contributed by atoms with Crippen LogP contribution in [0, 0.1) is 5.82 Å². The molecule has 1 heterocycles. The Morgan fingerprint density at radius 2 is 1.92 bits per heavy atom. The standard InChI is InChI=1S/C19H17FN2O2S/c1-13(18(23)21-11-14-7-9-16(20)10-8-14)25-19-22-12-17(24-19)15-5-3-2-4-6-15/h2-10,12-13H,11H2,1H3,(H,21,23). The number of benzene rings is 2. The molecule has 0 aliphatic carbocycles. The monoisotopic (exact) mass is 356 g/mol. The number of carbonyl (C=O) groups is 1. The smallest absolute Gasteiger partial charge is 0.256 e. The minimum Gasteiger partial charge on any atom is -0.431 e. The Hall–Kier alpha value is -2.60. The van der Waals surface area contributed by atoms with Gasteiger partial charge in [-0.2, -0.15) is 0 Å². The topological polar surface area (TPSA) is 55.1 Å². The lowest BCUT2D eigenvalue weighted by atomic mass is 10.2. The van der Waals surface area contributed by atoms with E-state index in [-0.39, 0.29) is 17.0 Å². The van der Waals surface area contributed by atoms with Crippen LogP contribution < -0.4 is 5.32 Å². The molecule has 1 unspecified atom stereocenters. The fourth-order valence-electron chi connectivity index (χ4n) is 2.19. The van der Waals surface area contributed by atoms with Crippen molar-refractivity contribution in [2.24, 2.45) is 0 Å². The normalized spacial score (nSPS) is 11.9. The molecule has 4 nitrogen and oxygen atoms in total. The highest BCUT2D eigenvalue weighted by atomic mass is 32.2. The van der Waals surface area contributed by atoms with E-state index < -0.39 is 0 Å². The first kappa shape index (κ1) is 17.2. The molecule has 1 amide bonds. The first-order chi connectivity index (χ1) is 12.1. The summed E-state index contributed by atoms with van der Waals surface area (Å²) in [6.07, 6.45) is 1.65. The van der Waals surface area contributed by atoms with Crippen molar-refractivity contribution in [2.45, 2.75) is 23.9 Å². The van der Waals surface area contributed by atoms with Crippen LogP contribution in [0.3, 0.4) is 0 Å². The third-order valence-corrected chi connectivity index (χ3v) is 4.53. The van der Waals surface area contributed by atoms with Crippen LogP contribution in [-0.2, 0) is 11.3 Å². The van der Waals surface area contributed by atoms with E-state index in [9.17, 15) is 9.18 Å². The summed E-state index contributed by atoms with van der Waals surface area (Å²) in [5.74, 6) is 0.243. The lowest BCUT2D eigenvalue weighted by Crippen LogP contribution is -2.30. The highest BCUT2D eigenvalue weighted by molar-refractivity contribution is 8.00. The Labute approximate surface area is 149 Å². The quantitative estimate of drug-likeness (QED) is 0.670. The number of thioether (sulfide) groups is 1. The third kappa shape index (κ3) is 4.70. The maximum atomic E-state index is 12.9. The summed E-state index contributed by atoms with van der Waals surface area (Å²) in [5, 5.41) is 2.91. The van der Waals surface area contributed by atoms with Gasteiger partial charge in [-0.1, -0.05) is 54.2 Å². The lowest BCUT2D eigenvalue weighted by Gasteiger charge is -2.10. The fourth-order valence-corrected chi connectivity index (χ4v) is 2.93. The number of nitrogens with one attached hydrogen (secondary N) is 1. The summed E-state index contributed by atoms with van der Waals surface area (Å²) >= 11 is 1.25. The van der Waals surface area contributed by atoms with Gasteiger partial charge in [0.25, 0.3) is 5.22 Å². The van der Waals surface area contributed by atoms with E-state index in [1.165, 1.54) is 23.9 Å². The minimum absolute atomic E-state index is 0.131. The largest absolute Gasteiger partial charge is 0.431 e. The number of hydrogen-bond donors (Lipinski definition) is 1. The zero-order valence-corrected chi connectivity index (χ0v) is 14.4. The van der Waals surface area contributed by atoms with Gasteiger partial charge in [0.1, 0.15) is 5.82 Å². The van der Waals surface area contributed by atoms with Crippen LogP contribution in [0.4, 0.5) is 4.39 Å². The number of rotatable bonds is 6. The average Bonchev–Trinajstić information content (AvgIpc) is 3.10. The Bertz CT molecular complexity index is 834. The molecule has 1 aromatic heterocycles. The van der Waals surface area contributed by atoms with Crippen molar-refractivity contribution in [3.05, 3.63) is 72.2 Å². The summed E-state index contributed by atoms with van der Waals surface area (Å²) in [7, 11) is 0. The van der Waals surface area contributed by atoms with E-state index in [1.54, 1.807) is 25.3 Å². The van der Waals surface area contributed by atoms with E-state index in [0.717, 1.165) is 11.1 Å². The van der Waals surface area contributed by atoms with Gasteiger partial charge in [-0.25, -0.2) is 9.37 Å². The van der Waals surface area contributed by atoms with Crippen LogP contribution in [0.2, 0.25) is 0 Å². The predicted molar refractivity (Wildman–Crippen MR) is 95.5 cm³/mol. The van der Waals surface area contributed by atoms with Crippen LogP contribution >= 0.6 is 11.8 Å². The van der Waals surface area contributed by atoms with Gasteiger partial charge >= 0.3 is 0 Å². The molecule has 0 spiro atoms. The second kappa shape index (κ2) is 7.98. The molecular weight excluding hydrogens is 339 g/mol. The van der Waals surface area contributed by atoms with Crippen molar-refractivity contribution in [3.8, 4) is 11.3 Å². The van der Waals surface area contributed by atoms with Crippen molar-refractivity contribution in [3.63, 3.8) is 0 Å².